The van der Waals surface area contributed by atoms with Crippen LogP contribution in [0.4, 0.5) is 0 Å². The molecule has 2 aromatic rings. The third-order valence-electron chi connectivity index (χ3n) is 2.60. The van der Waals surface area contributed by atoms with Crippen molar-refractivity contribution < 1.29 is 0 Å². The third kappa shape index (κ3) is 1.59. The second-order valence-electron chi connectivity index (χ2n) is 3.60. The summed E-state index contributed by atoms with van der Waals surface area (Å²) < 4.78 is 1.75. The molecular weight excluding hydrogens is 198 g/mol. The molecule has 3 nitrogen and oxygen atoms in total. The molecule has 0 saturated carbocycles. The van der Waals surface area contributed by atoms with Crippen LogP contribution in [0.5, 0.6) is 0 Å². The molecule has 0 saturated heterocycles. The fourth-order valence-electron chi connectivity index (χ4n) is 1.87. The van der Waals surface area contributed by atoms with E-state index in [4.69, 9.17) is 0 Å². The van der Waals surface area contributed by atoms with Gasteiger partial charge < -0.3 is 0 Å². The van der Waals surface area contributed by atoms with Gasteiger partial charge in [0.1, 0.15) is 11.8 Å². The summed E-state index contributed by atoms with van der Waals surface area (Å²) in [5.41, 5.74) is 3.55. The summed E-state index contributed by atoms with van der Waals surface area (Å²) in [6, 6.07) is 12.2. The van der Waals surface area contributed by atoms with E-state index in [1.165, 1.54) is 0 Å². The molecule has 0 bridgehead atoms. The number of hydrogen-bond donors (Lipinski definition) is 0. The Bertz CT molecular complexity index is 532. The Balaban J connectivity index is 2.66. The van der Waals surface area contributed by atoms with Crippen molar-refractivity contribution in [1.82, 2.24) is 9.78 Å². The minimum atomic E-state index is 0.645. The first-order valence-electron chi connectivity index (χ1n) is 5.30. The van der Waals surface area contributed by atoms with Crippen molar-refractivity contribution in [2.24, 2.45) is 0 Å². The van der Waals surface area contributed by atoms with Gasteiger partial charge in [-0.2, -0.15) is 10.4 Å². The minimum Gasteiger partial charge on any atom is -0.254 e. The Morgan fingerprint density at radius 1 is 1.31 bits per heavy atom. The summed E-state index contributed by atoms with van der Waals surface area (Å²) in [6.45, 7) is 4.65. The molecule has 0 spiro atoms. The first-order valence-corrected chi connectivity index (χ1v) is 5.30. The van der Waals surface area contributed by atoms with Gasteiger partial charge in [0.05, 0.1) is 5.69 Å². The molecule has 0 atom stereocenters. The van der Waals surface area contributed by atoms with Crippen molar-refractivity contribution in [1.29, 1.82) is 5.26 Å². The standard InChI is InChI=1S/C13H13N3/c1-3-16-12(9-14)13(10(2)15-16)11-7-5-4-6-8-11/h4-8H,3H2,1-2H3. The second-order valence-corrected chi connectivity index (χ2v) is 3.60. The van der Waals surface area contributed by atoms with Crippen molar-refractivity contribution in [3.63, 3.8) is 0 Å². The summed E-state index contributed by atoms with van der Waals surface area (Å²) in [7, 11) is 0. The summed E-state index contributed by atoms with van der Waals surface area (Å²) in [5, 5.41) is 13.6. The lowest BCUT2D eigenvalue weighted by atomic mass is 10.0. The normalized spacial score (nSPS) is 10.1. The van der Waals surface area contributed by atoms with E-state index in [1.54, 1.807) is 4.68 Å². The van der Waals surface area contributed by atoms with E-state index in [9.17, 15) is 5.26 Å². The van der Waals surface area contributed by atoms with Gasteiger partial charge in [0, 0.05) is 12.1 Å². The number of hydrogen-bond acceptors (Lipinski definition) is 2. The molecule has 0 unspecified atom stereocenters. The molecule has 0 aliphatic rings. The Morgan fingerprint density at radius 3 is 2.56 bits per heavy atom. The highest BCUT2D eigenvalue weighted by molar-refractivity contribution is 5.71. The Labute approximate surface area is 94.9 Å². The molecular formula is C13H13N3. The minimum absolute atomic E-state index is 0.645. The predicted molar refractivity (Wildman–Crippen MR) is 62.8 cm³/mol. The molecule has 0 amide bonds. The molecule has 0 aliphatic carbocycles. The van der Waals surface area contributed by atoms with Crippen molar-refractivity contribution in [2.45, 2.75) is 20.4 Å². The molecule has 1 aromatic carbocycles. The van der Waals surface area contributed by atoms with Crippen LogP contribution >= 0.6 is 0 Å². The maximum atomic E-state index is 9.19. The van der Waals surface area contributed by atoms with Gasteiger partial charge in [0.15, 0.2) is 0 Å². The van der Waals surface area contributed by atoms with Crippen LogP contribution in [-0.2, 0) is 6.54 Å². The molecule has 0 fully saturated rings. The lowest BCUT2D eigenvalue weighted by Gasteiger charge is -2.00. The number of rotatable bonds is 2. The molecule has 1 heterocycles. The van der Waals surface area contributed by atoms with Crippen LogP contribution in [0.25, 0.3) is 11.1 Å². The molecule has 3 heteroatoms. The Morgan fingerprint density at radius 2 is 2.00 bits per heavy atom. The summed E-state index contributed by atoms with van der Waals surface area (Å²) >= 11 is 0. The third-order valence-corrected chi connectivity index (χ3v) is 2.60. The van der Waals surface area contributed by atoms with Crippen molar-refractivity contribution in [3.8, 4) is 17.2 Å². The predicted octanol–water partition coefficient (Wildman–Crippen LogP) is 2.75. The molecule has 1 aromatic heterocycles. The number of aryl methyl sites for hydroxylation is 2. The van der Waals surface area contributed by atoms with E-state index < -0.39 is 0 Å². The van der Waals surface area contributed by atoms with Gasteiger partial charge in [-0.05, 0) is 19.4 Å². The maximum Gasteiger partial charge on any atom is 0.146 e. The number of benzene rings is 1. The smallest absolute Gasteiger partial charge is 0.146 e. The topological polar surface area (TPSA) is 41.6 Å². The zero-order valence-electron chi connectivity index (χ0n) is 9.44. The van der Waals surface area contributed by atoms with Gasteiger partial charge >= 0.3 is 0 Å². The van der Waals surface area contributed by atoms with E-state index in [0.29, 0.717) is 5.69 Å². The van der Waals surface area contributed by atoms with Crippen LogP contribution in [-0.4, -0.2) is 9.78 Å². The molecule has 80 valence electrons. The van der Waals surface area contributed by atoms with E-state index in [2.05, 4.69) is 11.2 Å². The van der Waals surface area contributed by atoms with E-state index in [-0.39, 0.29) is 0 Å². The van der Waals surface area contributed by atoms with E-state index in [1.807, 2.05) is 44.2 Å². The van der Waals surface area contributed by atoms with Gasteiger partial charge in [-0.25, -0.2) is 0 Å². The fourth-order valence-corrected chi connectivity index (χ4v) is 1.87. The van der Waals surface area contributed by atoms with Gasteiger partial charge in [0.25, 0.3) is 0 Å². The molecule has 0 N–H and O–H groups in total. The first kappa shape index (κ1) is 10.4. The zero-order chi connectivity index (χ0) is 11.5. The summed E-state index contributed by atoms with van der Waals surface area (Å²) in [5.74, 6) is 0. The van der Waals surface area contributed by atoms with Crippen molar-refractivity contribution in [2.75, 3.05) is 0 Å². The lowest BCUT2D eigenvalue weighted by molar-refractivity contribution is 0.645. The van der Waals surface area contributed by atoms with Crippen molar-refractivity contribution in [3.05, 3.63) is 41.7 Å². The summed E-state index contributed by atoms with van der Waals surface area (Å²) in [6.07, 6.45) is 0. The molecule has 0 radical (unpaired) electrons. The highest BCUT2D eigenvalue weighted by Crippen LogP contribution is 2.26. The maximum absolute atomic E-state index is 9.19. The second kappa shape index (κ2) is 4.19. The SMILES string of the molecule is CCn1nc(C)c(-c2ccccc2)c1C#N. The lowest BCUT2D eigenvalue weighted by Crippen LogP contribution is -1.99. The van der Waals surface area contributed by atoms with Crippen LogP contribution in [0.3, 0.4) is 0 Å². The van der Waals surface area contributed by atoms with Crippen LogP contribution in [0.15, 0.2) is 30.3 Å². The van der Waals surface area contributed by atoms with E-state index in [0.717, 1.165) is 23.4 Å². The van der Waals surface area contributed by atoms with Crippen LogP contribution in [0.2, 0.25) is 0 Å². The molecule has 2 rings (SSSR count). The highest BCUT2D eigenvalue weighted by Gasteiger charge is 2.15. The fraction of sp³-hybridized carbons (Fsp3) is 0.231. The van der Waals surface area contributed by atoms with Crippen molar-refractivity contribution >= 4 is 0 Å². The number of nitrogens with zero attached hydrogens (tertiary/aromatic N) is 3. The average molecular weight is 211 g/mol. The Kier molecular flexibility index (Phi) is 2.74. The number of nitriles is 1. The molecule has 16 heavy (non-hydrogen) atoms. The summed E-state index contributed by atoms with van der Waals surface area (Å²) in [4.78, 5) is 0. The first-order chi connectivity index (χ1) is 7.77. The highest BCUT2D eigenvalue weighted by atomic mass is 15.3. The zero-order valence-corrected chi connectivity index (χ0v) is 9.44. The van der Waals surface area contributed by atoms with Gasteiger partial charge in [-0.3, -0.25) is 4.68 Å². The van der Waals surface area contributed by atoms with E-state index >= 15 is 0 Å². The van der Waals surface area contributed by atoms with Crippen LogP contribution in [0, 0.1) is 18.3 Å². The quantitative estimate of drug-likeness (QED) is 0.766. The van der Waals surface area contributed by atoms with Gasteiger partial charge in [-0.1, -0.05) is 30.3 Å². The van der Waals surface area contributed by atoms with Gasteiger partial charge in [-0.15, -0.1) is 0 Å². The Hall–Kier alpha value is -2.08. The number of aromatic nitrogens is 2. The largest absolute Gasteiger partial charge is 0.254 e. The van der Waals surface area contributed by atoms with Crippen LogP contribution in [0.1, 0.15) is 18.3 Å². The van der Waals surface area contributed by atoms with Gasteiger partial charge in [0.2, 0.25) is 0 Å². The van der Waals surface area contributed by atoms with Crippen LogP contribution < -0.4 is 0 Å². The monoisotopic (exact) mass is 211 g/mol. The average Bonchev–Trinajstić information content (AvgIpc) is 2.66. The molecule has 0 aliphatic heterocycles.